The van der Waals surface area contributed by atoms with Gasteiger partial charge in [-0.15, -0.1) is 0 Å². The molecule has 0 fully saturated rings. The Kier molecular flexibility index (Phi) is 35.0. The average Bonchev–Trinajstić information content (AvgIpc) is 3.07. The number of esters is 1. The van der Waals surface area contributed by atoms with Gasteiger partial charge in [-0.05, 0) is 63.9 Å². The first-order valence-electron chi connectivity index (χ1n) is 18.9. The van der Waals surface area contributed by atoms with Crippen LogP contribution >= 0.6 is 7.82 Å². The summed E-state index contributed by atoms with van der Waals surface area (Å²) in [4.78, 5) is 30.4. The first-order chi connectivity index (χ1) is 23.9. The van der Waals surface area contributed by atoms with Crippen molar-refractivity contribution in [3.63, 3.8) is 0 Å². The van der Waals surface area contributed by atoms with Crippen LogP contribution in [0.2, 0.25) is 0 Å². The van der Waals surface area contributed by atoms with Gasteiger partial charge in [0.1, 0.15) is 6.61 Å². The zero-order valence-corrected chi connectivity index (χ0v) is 31.7. The van der Waals surface area contributed by atoms with E-state index in [1.807, 2.05) is 18.2 Å². The summed E-state index contributed by atoms with van der Waals surface area (Å²) in [5.74, 6) is -0.470. The van der Waals surface area contributed by atoms with E-state index in [1.165, 1.54) is 70.6 Å². The summed E-state index contributed by atoms with van der Waals surface area (Å²) in [6.07, 6.45) is 51.0. The maximum Gasteiger partial charge on any atom is 0.469 e. The number of ether oxygens (including phenoxy) is 2. The number of phosphoric acid groups is 1. The summed E-state index contributed by atoms with van der Waals surface area (Å²) in [5.41, 5.74) is 0. The van der Waals surface area contributed by atoms with Crippen LogP contribution in [0, 0.1) is 0 Å². The lowest BCUT2D eigenvalue weighted by Gasteiger charge is -2.17. The minimum absolute atomic E-state index is 0.0411. The minimum Gasteiger partial charge on any atom is -0.498 e. The van der Waals surface area contributed by atoms with Gasteiger partial charge in [0.15, 0.2) is 6.10 Å². The molecule has 0 aromatic carbocycles. The highest BCUT2D eigenvalue weighted by atomic mass is 31.2. The van der Waals surface area contributed by atoms with Gasteiger partial charge in [-0.1, -0.05) is 157 Å². The second-order valence-electron chi connectivity index (χ2n) is 12.2. The number of allylic oxidation sites excluding steroid dienone is 13. The van der Waals surface area contributed by atoms with Crippen LogP contribution in [0.25, 0.3) is 0 Å². The van der Waals surface area contributed by atoms with E-state index < -0.39 is 26.5 Å². The molecule has 0 unspecified atom stereocenters. The molecule has 49 heavy (non-hydrogen) atoms. The quantitative estimate of drug-likeness (QED) is 0.0226. The normalized spacial score (nSPS) is 13.6. The third-order valence-corrected chi connectivity index (χ3v) is 8.02. The Morgan fingerprint density at radius 3 is 1.49 bits per heavy atom. The fourth-order valence-electron chi connectivity index (χ4n) is 4.78. The molecule has 0 saturated carbocycles. The van der Waals surface area contributed by atoms with Crippen LogP contribution in [0.3, 0.4) is 0 Å². The third kappa shape index (κ3) is 39.9. The highest BCUT2D eigenvalue weighted by molar-refractivity contribution is 7.46. The van der Waals surface area contributed by atoms with Crippen molar-refractivity contribution in [2.75, 3.05) is 13.2 Å². The summed E-state index contributed by atoms with van der Waals surface area (Å²) in [5, 5.41) is 0. The SMILES string of the molecule is CC/C=C\C/C=C\C/C=C\C/C=C\C/C=C\C/C=C\CCC(=O)O[C@H](CO/C=C\CCCCCCCCCCCCCC)COP(=O)(O)O. The largest absolute Gasteiger partial charge is 0.498 e. The first kappa shape index (κ1) is 46.6. The lowest BCUT2D eigenvalue weighted by Crippen LogP contribution is -2.27. The fourth-order valence-corrected chi connectivity index (χ4v) is 5.14. The van der Waals surface area contributed by atoms with Crippen LogP contribution in [0.5, 0.6) is 0 Å². The standard InChI is InChI=1S/C41H69O7P/c1-3-5-7-9-11-13-15-17-19-20-21-22-23-24-26-28-30-32-34-36-41(42)48-40(39-47-49(43,44)45)38-46-37-35-33-31-29-27-25-18-16-14-12-10-8-6-4-2/h5,7,11,13,17,19,21-22,24,26,30,32,35,37,40H,3-4,6,8-10,12,14-16,18,20,23,25,27-29,31,33-34,36,38-39H2,1-2H3,(H2,43,44,45)/b7-5-,13-11-,19-17-,22-21-,26-24-,32-30-,37-35-/t40-/m1/s1. The number of hydrogen-bond donors (Lipinski definition) is 2. The van der Waals surface area contributed by atoms with Crippen molar-refractivity contribution in [1.29, 1.82) is 0 Å². The molecule has 8 heteroatoms. The van der Waals surface area contributed by atoms with Crippen LogP contribution in [-0.2, 0) is 23.4 Å². The molecule has 0 amide bonds. The monoisotopic (exact) mass is 704 g/mol. The molecule has 0 aromatic heterocycles. The Bertz CT molecular complexity index is 1000. The summed E-state index contributed by atoms with van der Waals surface area (Å²) in [7, 11) is -4.69. The third-order valence-electron chi connectivity index (χ3n) is 7.54. The summed E-state index contributed by atoms with van der Waals surface area (Å²) >= 11 is 0. The molecule has 0 radical (unpaired) electrons. The molecule has 1 atom stereocenters. The second kappa shape index (κ2) is 36.8. The van der Waals surface area contributed by atoms with Gasteiger partial charge < -0.3 is 19.3 Å². The van der Waals surface area contributed by atoms with Gasteiger partial charge >= 0.3 is 13.8 Å². The van der Waals surface area contributed by atoms with Crippen LogP contribution in [0.1, 0.15) is 149 Å². The highest BCUT2D eigenvalue weighted by Crippen LogP contribution is 2.35. The molecule has 2 N–H and O–H groups in total. The van der Waals surface area contributed by atoms with Gasteiger partial charge in [-0.25, -0.2) is 4.57 Å². The number of phosphoric ester groups is 1. The molecule has 0 bridgehead atoms. The molecule has 0 saturated heterocycles. The topological polar surface area (TPSA) is 102 Å². The smallest absolute Gasteiger partial charge is 0.469 e. The zero-order valence-electron chi connectivity index (χ0n) is 30.8. The number of unbranched alkanes of at least 4 members (excludes halogenated alkanes) is 12. The lowest BCUT2D eigenvalue weighted by atomic mass is 10.0. The minimum atomic E-state index is -4.69. The number of rotatable bonds is 34. The van der Waals surface area contributed by atoms with E-state index in [1.54, 1.807) is 6.26 Å². The molecule has 0 aromatic rings. The Morgan fingerprint density at radius 2 is 1.02 bits per heavy atom. The van der Waals surface area contributed by atoms with Crippen molar-refractivity contribution in [2.24, 2.45) is 0 Å². The van der Waals surface area contributed by atoms with Crippen molar-refractivity contribution in [1.82, 2.24) is 0 Å². The molecule has 7 nitrogen and oxygen atoms in total. The molecular formula is C41H69O7P. The van der Waals surface area contributed by atoms with E-state index in [-0.39, 0.29) is 13.0 Å². The maximum atomic E-state index is 12.3. The van der Waals surface area contributed by atoms with E-state index in [0.29, 0.717) is 6.42 Å². The maximum absolute atomic E-state index is 12.3. The van der Waals surface area contributed by atoms with Gasteiger partial charge in [0.05, 0.1) is 12.9 Å². The van der Waals surface area contributed by atoms with Gasteiger partial charge in [0.25, 0.3) is 0 Å². The van der Waals surface area contributed by atoms with Crippen molar-refractivity contribution in [3.8, 4) is 0 Å². The van der Waals surface area contributed by atoms with Gasteiger partial charge in [-0.3, -0.25) is 9.32 Å². The van der Waals surface area contributed by atoms with E-state index >= 15 is 0 Å². The molecular weight excluding hydrogens is 635 g/mol. The van der Waals surface area contributed by atoms with Crippen LogP contribution < -0.4 is 0 Å². The zero-order chi connectivity index (χ0) is 35.9. The Morgan fingerprint density at radius 1 is 0.571 bits per heavy atom. The first-order valence-corrected chi connectivity index (χ1v) is 20.5. The van der Waals surface area contributed by atoms with Crippen LogP contribution in [-0.4, -0.2) is 35.1 Å². The van der Waals surface area contributed by atoms with Crippen LogP contribution in [0.15, 0.2) is 85.3 Å². The predicted molar refractivity (Wildman–Crippen MR) is 206 cm³/mol. The summed E-state index contributed by atoms with van der Waals surface area (Å²) in [6.45, 7) is 3.91. The molecule has 0 rings (SSSR count). The average molecular weight is 705 g/mol. The van der Waals surface area contributed by atoms with Crippen molar-refractivity contribution < 1.29 is 33.1 Å². The summed E-state index contributed by atoms with van der Waals surface area (Å²) < 4.78 is 26.6. The Balaban J connectivity index is 4.06. The van der Waals surface area contributed by atoms with Gasteiger partial charge in [0, 0.05) is 6.42 Å². The Labute approximate surface area is 299 Å². The molecule has 0 aliphatic heterocycles. The molecule has 0 aliphatic rings. The summed E-state index contributed by atoms with van der Waals surface area (Å²) in [6, 6.07) is 0. The second-order valence-corrected chi connectivity index (χ2v) is 13.5. The molecule has 280 valence electrons. The van der Waals surface area contributed by atoms with E-state index in [2.05, 4.69) is 79.1 Å². The van der Waals surface area contributed by atoms with E-state index in [9.17, 15) is 9.36 Å². The van der Waals surface area contributed by atoms with Gasteiger partial charge in [-0.2, -0.15) is 0 Å². The molecule has 0 heterocycles. The van der Waals surface area contributed by atoms with E-state index in [4.69, 9.17) is 19.3 Å². The van der Waals surface area contributed by atoms with Gasteiger partial charge in [0.2, 0.25) is 0 Å². The highest BCUT2D eigenvalue weighted by Gasteiger charge is 2.21. The molecule has 0 spiro atoms. The lowest BCUT2D eigenvalue weighted by molar-refractivity contribution is -0.153. The number of carbonyl (C=O) groups is 1. The Hall–Kier alpha value is -2.44. The van der Waals surface area contributed by atoms with Crippen LogP contribution in [0.4, 0.5) is 0 Å². The number of hydrogen-bond acceptors (Lipinski definition) is 5. The van der Waals surface area contributed by atoms with Crippen molar-refractivity contribution in [3.05, 3.63) is 85.3 Å². The fraction of sp³-hybridized carbons (Fsp3) is 0.634. The number of carbonyl (C=O) groups excluding carboxylic acids is 1. The van der Waals surface area contributed by atoms with E-state index in [0.717, 1.165) is 51.4 Å². The van der Waals surface area contributed by atoms with Crippen molar-refractivity contribution in [2.45, 2.75) is 155 Å². The molecule has 0 aliphatic carbocycles. The van der Waals surface area contributed by atoms with Crippen molar-refractivity contribution >= 4 is 13.8 Å². The predicted octanol–water partition coefficient (Wildman–Crippen LogP) is 12.1.